The number of methoxy groups -OCH3 is 1. The molecule has 2 aromatic carbocycles. The summed E-state index contributed by atoms with van der Waals surface area (Å²) < 4.78 is 7.37. The number of hydrogen-bond acceptors (Lipinski definition) is 6. The van der Waals surface area contributed by atoms with Crippen LogP contribution in [0.1, 0.15) is 30.0 Å². The summed E-state index contributed by atoms with van der Waals surface area (Å²) in [7, 11) is 1.66. The number of nitrogens with zero attached hydrogens (tertiary/aromatic N) is 3. The van der Waals surface area contributed by atoms with Crippen LogP contribution in [0.15, 0.2) is 77.3 Å². The minimum absolute atomic E-state index is 0.00431. The zero-order valence-corrected chi connectivity index (χ0v) is 20.5. The van der Waals surface area contributed by atoms with Gasteiger partial charge in [0.15, 0.2) is 11.0 Å². The number of amides is 1. The van der Waals surface area contributed by atoms with Crippen LogP contribution in [-0.2, 0) is 11.3 Å². The third-order valence-electron chi connectivity index (χ3n) is 5.86. The van der Waals surface area contributed by atoms with E-state index in [4.69, 9.17) is 4.74 Å². The van der Waals surface area contributed by atoms with Gasteiger partial charge in [-0.1, -0.05) is 60.3 Å². The fraction of sp³-hybridized carbons (Fsp3) is 0.269. The van der Waals surface area contributed by atoms with Crippen molar-refractivity contribution in [2.75, 3.05) is 12.9 Å². The topological polar surface area (TPSA) is 69.0 Å². The summed E-state index contributed by atoms with van der Waals surface area (Å²) in [6.07, 6.45) is 2.28. The molecule has 0 radical (unpaired) electrons. The number of carbonyl (C=O) groups excluding carboxylic acids is 1. The number of hydrogen-bond donors (Lipinski definition) is 1. The Morgan fingerprint density at radius 1 is 1.12 bits per heavy atom. The minimum Gasteiger partial charge on any atom is -0.497 e. The molecule has 6 nitrogen and oxygen atoms in total. The van der Waals surface area contributed by atoms with Crippen molar-refractivity contribution in [3.63, 3.8) is 0 Å². The molecule has 174 valence electrons. The number of nitrogens with one attached hydrogen (secondary N) is 1. The molecular weight excluding hydrogens is 464 g/mol. The Hall–Kier alpha value is -3.10. The number of thiophene rings is 1. The van der Waals surface area contributed by atoms with Crippen molar-refractivity contribution in [2.24, 2.45) is 5.92 Å². The first-order valence-corrected chi connectivity index (χ1v) is 13.1. The molecule has 0 aliphatic heterocycles. The van der Waals surface area contributed by atoms with Gasteiger partial charge in [0.05, 0.1) is 30.3 Å². The van der Waals surface area contributed by atoms with Gasteiger partial charge in [-0.15, -0.1) is 21.5 Å². The van der Waals surface area contributed by atoms with E-state index in [1.807, 2.05) is 60.0 Å². The first-order valence-electron chi connectivity index (χ1n) is 11.3. The average molecular weight is 491 g/mol. The Kier molecular flexibility index (Phi) is 6.97. The molecule has 1 unspecified atom stereocenters. The molecule has 1 N–H and O–H groups in total. The van der Waals surface area contributed by atoms with Crippen molar-refractivity contribution >= 4 is 29.0 Å². The summed E-state index contributed by atoms with van der Waals surface area (Å²) >= 11 is 3.07. The smallest absolute Gasteiger partial charge is 0.230 e. The summed E-state index contributed by atoms with van der Waals surface area (Å²) in [5.41, 5.74) is 2.29. The number of benzene rings is 2. The summed E-state index contributed by atoms with van der Waals surface area (Å²) in [6, 6.07) is 22.3. The molecule has 1 saturated carbocycles. The van der Waals surface area contributed by atoms with Crippen LogP contribution < -0.4 is 10.1 Å². The average Bonchev–Trinajstić information content (AvgIpc) is 3.42. The predicted octanol–water partition coefficient (Wildman–Crippen LogP) is 5.42. The first-order chi connectivity index (χ1) is 16.7. The molecule has 2 aromatic heterocycles. The van der Waals surface area contributed by atoms with Crippen LogP contribution in [-0.4, -0.2) is 33.5 Å². The van der Waals surface area contributed by atoms with Gasteiger partial charge >= 0.3 is 0 Å². The molecule has 5 rings (SSSR count). The summed E-state index contributed by atoms with van der Waals surface area (Å²) in [4.78, 5) is 14.0. The molecule has 4 aromatic rings. The molecule has 0 bridgehead atoms. The third kappa shape index (κ3) is 5.34. The van der Waals surface area contributed by atoms with E-state index in [1.165, 1.54) is 17.3 Å². The SMILES string of the molecule is COc1ccc(C(NC(=O)CSc2nnc(-c3cccs3)n2Cc2ccccc2)C2CC2)cc1. The Morgan fingerprint density at radius 2 is 1.91 bits per heavy atom. The van der Waals surface area contributed by atoms with E-state index in [0.717, 1.165) is 40.0 Å². The van der Waals surface area contributed by atoms with Crippen LogP contribution in [0.4, 0.5) is 0 Å². The van der Waals surface area contributed by atoms with E-state index in [2.05, 4.69) is 32.2 Å². The highest BCUT2D eigenvalue weighted by molar-refractivity contribution is 7.99. The quantitative estimate of drug-likeness (QED) is 0.301. The van der Waals surface area contributed by atoms with Gasteiger partial charge in [-0.2, -0.15) is 0 Å². The van der Waals surface area contributed by atoms with Gasteiger partial charge in [-0.05, 0) is 53.5 Å². The van der Waals surface area contributed by atoms with Crippen LogP contribution >= 0.6 is 23.1 Å². The molecule has 1 aliphatic carbocycles. The number of rotatable bonds is 10. The Morgan fingerprint density at radius 3 is 2.59 bits per heavy atom. The number of carbonyl (C=O) groups is 1. The highest BCUT2D eigenvalue weighted by atomic mass is 32.2. The molecule has 0 spiro atoms. The van der Waals surface area contributed by atoms with Crippen molar-refractivity contribution in [3.05, 3.63) is 83.2 Å². The Balaban J connectivity index is 1.29. The lowest BCUT2D eigenvalue weighted by atomic mass is 10.0. The molecule has 1 amide bonds. The van der Waals surface area contributed by atoms with Crippen LogP contribution in [0.2, 0.25) is 0 Å². The second-order valence-corrected chi connectivity index (χ2v) is 10.2. The number of aromatic nitrogens is 3. The van der Waals surface area contributed by atoms with Crippen LogP contribution in [0.5, 0.6) is 5.75 Å². The van der Waals surface area contributed by atoms with Gasteiger partial charge in [0, 0.05) is 0 Å². The molecule has 1 fully saturated rings. The normalized spacial score (nSPS) is 14.0. The summed E-state index contributed by atoms with van der Waals surface area (Å²) in [5.74, 6) is 2.44. The van der Waals surface area contributed by atoms with Gasteiger partial charge < -0.3 is 10.1 Å². The maximum absolute atomic E-state index is 12.9. The minimum atomic E-state index is 0.00431. The summed E-state index contributed by atoms with van der Waals surface area (Å²) in [6.45, 7) is 0.654. The lowest BCUT2D eigenvalue weighted by Gasteiger charge is -2.19. The Labute approximate surface area is 207 Å². The van der Waals surface area contributed by atoms with E-state index >= 15 is 0 Å². The molecule has 8 heteroatoms. The van der Waals surface area contributed by atoms with Crippen molar-refractivity contribution in [1.29, 1.82) is 0 Å². The van der Waals surface area contributed by atoms with E-state index < -0.39 is 0 Å². The lowest BCUT2D eigenvalue weighted by Crippen LogP contribution is -2.31. The fourth-order valence-electron chi connectivity index (χ4n) is 3.95. The van der Waals surface area contributed by atoms with Crippen LogP contribution in [0.3, 0.4) is 0 Å². The van der Waals surface area contributed by atoms with Gasteiger partial charge in [0.2, 0.25) is 5.91 Å². The second-order valence-electron chi connectivity index (χ2n) is 8.30. The molecule has 1 aliphatic rings. The highest BCUT2D eigenvalue weighted by Gasteiger charge is 2.33. The first kappa shape index (κ1) is 22.7. The fourth-order valence-corrected chi connectivity index (χ4v) is 5.42. The van der Waals surface area contributed by atoms with E-state index in [-0.39, 0.29) is 17.7 Å². The standard InChI is InChI=1S/C26H26N4O2S2/c1-32-21-13-11-20(12-14-21)24(19-9-10-19)27-23(31)17-34-26-29-28-25(22-8-5-15-33-22)30(26)16-18-6-3-2-4-7-18/h2-8,11-15,19,24H,9-10,16-17H2,1H3,(H,27,31). The van der Waals surface area contributed by atoms with Crippen LogP contribution in [0.25, 0.3) is 10.7 Å². The number of thioether (sulfide) groups is 1. The molecule has 2 heterocycles. The van der Waals surface area contributed by atoms with Gasteiger partial charge in [-0.25, -0.2) is 0 Å². The molecule has 34 heavy (non-hydrogen) atoms. The molecular formula is C26H26N4O2S2. The zero-order valence-electron chi connectivity index (χ0n) is 18.9. The summed E-state index contributed by atoms with van der Waals surface area (Å²) in [5, 5.41) is 14.9. The Bertz CT molecular complexity index is 1220. The maximum atomic E-state index is 12.9. The van der Waals surface area contributed by atoms with Crippen molar-refractivity contribution in [3.8, 4) is 16.5 Å². The monoisotopic (exact) mass is 490 g/mol. The maximum Gasteiger partial charge on any atom is 0.230 e. The lowest BCUT2D eigenvalue weighted by molar-refractivity contribution is -0.119. The largest absolute Gasteiger partial charge is 0.497 e. The zero-order chi connectivity index (χ0) is 23.3. The van der Waals surface area contributed by atoms with Gasteiger partial charge in [0.1, 0.15) is 5.75 Å². The van der Waals surface area contributed by atoms with Crippen molar-refractivity contribution in [1.82, 2.24) is 20.1 Å². The molecule has 1 atom stereocenters. The van der Waals surface area contributed by atoms with Gasteiger partial charge in [-0.3, -0.25) is 9.36 Å². The third-order valence-corrected chi connectivity index (χ3v) is 7.69. The second kappa shape index (κ2) is 10.4. The predicted molar refractivity (Wildman–Crippen MR) is 136 cm³/mol. The number of ether oxygens (including phenoxy) is 1. The molecule has 0 saturated heterocycles. The van der Waals surface area contributed by atoms with E-state index in [1.54, 1.807) is 18.4 Å². The van der Waals surface area contributed by atoms with Crippen molar-refractivity contribution in [2.45, 2.75) is 30.6 Å². The van der Waals surface area contributed by atoms with Crippen LogP contribution in [0, 0.1) is 5.92 Å². The highest BCUT2D eigenvalue weighted by Crippen LogP contribution is 2.41. The van der Waals surface area contributed by atoms with E-state index in [9.17, 15) is 4.79 Å². The van der Waals surface area contributed by atoms with Crippen molar-refractivity contribution < 1.29 is 9.53 Å². The van der Waals surface area contributed by atoms with E-state index in [0.29, 0.717) is 12.5 Å². The van der Waals surface area contributed by atoms with Gasteiger partial charge in [0.25, 0.3) is 0 Å².